The van der Waals surface area contributed by atoms with E-state index in [2.05, 4.69) is 38.2 Å². The van der Waals surface area contributed by atoms with Crippen LogP contribution in [0.2, 0.25) is 5.02 Å². The van der Waals surface area contributed by atoms with E-state index in [9.17, 15) is 5.11 Å². The van der Waals surface area contributed by atoms with Crippen LogP contribution in [0.1, 0.15) is 39.2 Å². The Bertz CT molecular complexity index is 348. The molecule has 0 saturated carbocycles. The van der Waals surface area contributed by atoms with E-state index in [-0.39, 0.29) is 6.10 Å². The fraction of sp³-hybridized carbons (Fsp3) is 0.625. The Morgan fingerprint density at radius 2 is 1.74 bits per heavy atom. The van der Waals surface area contributed by atoms with Crippen molar-refractivity contribution in [1.82, 2.24) is 5.32 Å². The second kappa shape index (κ2) is 8.57. The first kappa shape index (κ1) is 16.5. The summed E-state index contributed by atoms with van der Waals surface area (Å²) in [5.74, 6) is 0.398. The fourth-order valence-corrected chi connectivity index (χ4v) is 2.49. The molecule has 2 unspecified atom stereocenters. The molecule has 2 atom stereocenters. The van der Waals surface area contributed by atoms with Crippen LogP contribution in [0.4, 0.5) is 0 Å². The highest BCUT2D eigenvalue weighted by molar-refractivity contribution is 6.30. The summed E-state index contributed by atoms with van der Waals surface area (Å²) in [5, 5.41) is 14.3. The molecule has 2 nitrogen and oxygen atoms in total. The van der Waals surface area contributed by atoms with Gasteiger partial charge in [0.2, 0.25) is 0 Å². The molecule has 3 heteroatoms. The number of hydrogen-bond acceptors (Lipinski definition) is 2. The molecule has 0 heterocycles. The maximum atomic E-state index is 10.1. The second-order valence-corrected chi connectivity index (χ2v) is 5.72. The van der Waals surface area contributed by atoms with Crippen LogP contribution < -0.4 is 5.32 Å². The Morgan fingerprint density at radius 3 is 2.26 bits per heavy atom. The van der Waals surface area contributed by atoms with Crippen LogP contribution in [0.25, 0.3) is 0 Å². The molecule has 0 saturated heterocycles. The van der Waals surface area contributed by atoms with Gasteiger partial charge in [0.25, 0.3) is 0 Å². The molecule has 1 aromatic carbocycles. The van der Waals surface area contributed by atoms with Crippen molar-refractivity contribution in [2.24, 2.45) is 5.92 Å². The molecule has 0 aliphatic rings. The minimum atomic E-state index is -0.248. The van der Waals surface area contributed by atoms with E-state index in [4.69, 9.17) is 11.6 Å². The predicted octanol–water partition coefficient (Wildman–Crippen LogP) is 3.66. The zero-order valence-electron chi connectivity index (χ0n) is 12.2. The minimum absolute atomic E-state index is 0.248. The summed E-state index contributed by atoms with van der Waals surface area (Å²) >= 11 is 5.87. The lowest BCUT2D eigenvalue weighted by atomic mass is 9.96. The predicted molar refractivity (Wildman–Crippen MR) is 82.7 cm³/mol. The van der Waals surface area contributed by atoms with Gasteiger partial charge in [-0.15, -0.1) is 0 Å². The van der Waals surface area contributed by atoms with Gasteiger partial charge in [-0.3, -0.25) is 0 Å². The zero-order valence-corrected chi connectivity index (χ0v) is 13.0. The number of benzene rings is 1. The highest BCUT2D eigenvalue weighted by Gasteiger charge is 2.15. The van der Waals surface area contributed by atoms with Gasteiger partial charge in [-0.05, 0) is 37.0 Å². The molecule has 0 aliphatic heterocycles. The van der Waals surface area contributed by atoms with Gasteiger partial charge in [0.15, 0.2) is 0 Å². The van der Waals surface area contributed by atoms with Gasteiger partial charge >= 0.3 is 0 Å². The van der Waals surface area contributed by atoms with E-state index in [0.717, 1.165) is 24.3 Å². The van der Waals surface area contributed by atoms with E-state index in [1.165, 1.54) is 5.56 Å². The Morgan fingerprint density at radius 1 is 1.16 bits per heavy atom. The van der Waals surface area contributed by atoms with Crippen LogP contribution in [0.5, 0.6) is 0 Å². The van der Waals surface area contributed by atoms with Crippen molar-refractivity contribution in [2.45, 2.75) is 52.2 Å². The van der Waals surface area contributed by atoms with E-state index in [0.29, 0.717) is 18.5 Å². The Labute approximate surface area is 122 Å². The fourth-order valence-electron chi connectivity index (χ4n) is 2.37. The highest BCUT2D eigenvalue weighted by Crippen LogP contribution is 2.13. The molecule has 108 valence electrons. The number of nitrogens with one attached hydrogen (secondary N) is 1. The molecule has 0 radical (unpaired) electrons. The highest BCUT2D eigenvalue weighted by atomic mass is 35.5. The Balaban J connectivity index is 2.35. The molecule has 1 rings (SSSR count). The molecular formula is C16H26ClNO. The van der Waals surface area contributed by atoms with Crippen LogP contribution in [0.15, 0.2) is 24.3 Å². The third-order valence-corrected chi connectivity index (χ3v) is 3.98. The van der Waals surface area contributed by atoms with Crippen LogP contribution in [-0.2, 0) is 6.42 Å². The largest absolute Gasteiger partial charge is 0.392 e. The number of rotatable bonds is 8. The van der Waals surface area contributed by atoms with Crippen LogP contribution in [0, 0.1) is 5.92 Å². The molecule has 0 fully saturated rings. The molecule has 0 bridgehead atoms. The molecule has 0 aromatic heterocycles. The molecule has 0 spiro atoms. The van der Waals surface area contributed by atoms with Crippen molar-refractivity contribution >= 4 is 11.6 Å². The van der Waals surface area contributed by atoms with Crippen molar-refractivity contribution in [2.75, 3.05) is 6.54 Å². The van der Waals surface area contributed by atoms with Gasteiger partial charge in [-0.2, -0.15) is 0 Å². The summed E-state index contributed by atoms with van der Waals surface area (Å²) in [7, 11) is 0. The smallest absolute Gasteiger partial charge is 0.0692 e. The monoisotopic (exact) mass is 283 g/mol. The lowest BCUT2D eigenvalue weighted by Gasteiger charge is -2.23. The summed E-state index contributed by atoms with van der Waals surface area (Å²) in [6.45, 7) is 7.08. The maximum absolute atomic E-state index is 10.1. The van der Waals surface area contributed by atoms with Crippen molar-refractivity contribution in [1.29, 1.82) is 0 Å². The lowest BCUT2D eigenvalue weighted by Crippen LogP contribution is -2.38. The Kier molecular flexibility index (Phi) is 7.44. The summed E-state index contributed by atoms with van der Waals surface area (Å²) in [6.07, 6.45) is 2.77. The van der Waals surface area contributed by atoms with Gasteiger partial charge < -0.3 is 10.4 Å². The SMILES string of the molecule is CCC(CC)C(O)CNC(C)Cc1ccc(Cl)cc1. The third kappa shape index (κ3) is 5.94. The van der Waals surface area contributed by atoms with E-state index in [1.807, 2.05) is 12.1 Å². The molecule has 0 amide bonds. The van der Waals surface area contributed by atoms with Crippen molar-refractivity contribution < 1.29 is 5.11 Å². The summed E-state index contributed by atoms with van der Waals surface area (Å²) in [4.78, 5) is 0. The molecular weight excluding hydrogens is 258 g/mol. The number of aliphatic hydroxyl groups is 1. The number of hydrogen-bond donors (Lipinski definition) is 2. The molecule has 2 N–H and O–H groups in total. The topological polar surface area (TPSA) is 32.3 Å². The quantitative estimate of drug-likeness (QED) is 0.763. The average Bonchev–Trinajstić information content (AvgIpc) is 2.40. The number of aliphatic hydroxyl groups excluding tert-OH is 1. The number of halogens is 1. The van der Waals surface area contributed by atoms with Crippen LogP contribution in [0.3, 0.4) is 0 Å². The van der Waals surface area contributed by atoms with Gasteiger partial charge in [0.05, 0.1) is 6.10 Å². The summed E-state index contributed by atoms with van der Waals surface area (Å²) in [5.41, 5.74) is 1.27. The standard InChI is InChI=1S/C16H26ClNO/c1-4-14(5-2)16(19)11-18-12(3)10-13-6-8-15(17)9-7-13/h6-9,12,14,16,18-19H,4-5,10-11H2,1-3H3. The average molecular weight is 284 g/mol. The first-order valence-electron chi connectivity index (χ1n) is 7.22. The van der Waals surface area contributed by atoms with Crippen molar-refractivity contribution in [3.63, 3.8) is 0 Å². The molecule has 19 heavy (non-hydrogen) atoms. The minimum Gasteiger partial charge on any atom is -0.392 e. The lowest BCUT2D eigenvalue weighted by molar-refractivity contribution is 0.0988. The maximum Gasteiger partial charge on any atom is 0.0692 e. The van der Waals surface area contributed by atoms with E-state index >= 15 is 0 Å². The first-order chi connectivity index (χ1) is 9.06. The van der Waals surface area contributed by atoms with Crippen molar-refractivity contribution in [3.05, 3.63) is 34.9 Å². The van der Waals surface area contributed by atoms with E-state index < -0.39 is 0 Å². The molecule has 1 aromatic rings. The normalized spacial score (nSPS) is 14.6. The zero-order chi connectivity index (χ0) is 14.3. The van der Waals surface area contributed by atoms with E-state index in [1.54, 1.807) is 0 Å². The van der Waals surface area contributed by atoms with Gasteiger partial charge in [-0.25, -0.2) is 0 Å². The first-order valence-corrected chi connectivity index (χ1v) is 7.60. The second-order valence-electron chi connectivity index (χ2n) is 5.28. The van der Waals surface area contributed by atoms with Gasteiger partial charge in [0, 0.05) is 17.6 Å². The van der Waals surface area contributed by atoms with Crippen molar-refractivity contribution in [3.8, 4) is 0 Å². The van der Waals surface area contributed by atoms with Gasteiger partial charge in [-0.1, -0.05) is 50.4 Å². The van der Waals surface area contributed by atoms with Crippen LogP contribution in [-0.4, -0.2) is 23.8 Å². The summed E-state index contributed by atoms with van der Waals surface area (Å²) < 4.78 is 0. The Hall–Kier alpha value is -0.570. The summed E-state index contributed by atoms with van der Waals surface area (Å²) in [6, 6.07) is 8.30. The van der Waals surface area contributed by atoms with Crippen LogP contribution >= 0.6 is 11.6 Å². The molecule has 0 aliphatic carbocycles. The van der Waals surface area contributed by atoms with Gasteiger partial charge in [0.1, 0.15) is 0 Å². The third-order valence-electron chi connectivity index (χ3n) is 3.72.